The molecule has 0 unspecified atom stereocenters. The SMILES string of the molecule is O=C(NCc1cn2ccccc2n1)Nc1nnc(C2CC2)s1. The first-order valence-corrected chi connectivity index (χ1v) is 7.90. The largest absolute Gasteiger partial charge is 0.332 e. The molecule has 1 aliphatic carbocycles. The molecule has 0 aromatic carbocycles. The fourth-order valence-corrected chi connectivity index (χ4v) is 3.07. The van der Waals surface area contributed by atoms with Crippen LogP contribution in [0, 0.1) is 0 Å². The Morgan fingerprint density at radius 1 is 1.36 bits per heavy atom. The van der Waals surface area contributed by atoms with Gasteiger partial charge in [0.1, 0.15) is 10.7 Å². The second kappa shape index (κ2) is 5.38. The predicted molar refractivity (Wildman–Crippen MR) is 82.9 cm³/mol. The number of nitrogens with one attached hydrogen (secondary N) is 2. The summed E-state index contributed by atoms with van der Waals surface area (Å²) < 4.78 is 1.92. The number of imidazole rings is 1. The molecule has 3 aromatic rings. The van der Waals surface area contributed by atoms with Crippen molar-refractivity contribution in [3.8, 4) is 0 Å². The van der Waals surface area contributed by atoms with Crippen LogP contribution in [-0.2, 0) is 6.54 Å². The fraction of sp³-hybridized carbons (Fsp3) is 0.286. The van der Waals surface area contributed by atoms with E-state index in [0.29, 0.717) is 17.6 Å². The highest BCUT2D eigenvalue weighted by Gasteiger charge is 2.27. The van der Waals surface area contributed by atoms with Gasteiger partial charge in [-0.15, -0.1) is 10.2 Å². The first-order chi connectivity index (χ1) is 10.8. The molecular weight excluding hydrogens is 300 g/mol. The summed E-state index contributed by atoms with van der Waals surface area (Å²) >= 11 is 1.44. The first-order valence-electron chi connectivity index (χ1n) is 7.09. The van der Waals surface area contributed by atoms with Gasteiger partial charge in [0.2, 0.25) is 5.13 Å². The lowest BCUT2D eigenvalue weighted by Gasteiger charge is -2.02. The van der Waals surface area contributed by atoms with Gasteiger partial charge in [0.15, 0.2) is 0 Å². The maximum Gasteiger partial charge on any atom is 0.321 e. The van der Waals surface area contributed by atoms with Crippen molar-refractivity contribution < 1.29 is 4.79 Å². The molecule has 1 fully saturated rings. The van der Waals surface area contributed by atoms with Crippen molar-refractivity contribution >= 4 is 28.1 Å². The quantitative estimate of drug-likeness (QED) is 0.774. The van der Waals surface area contributed by atoms with E-state index in [1.54, 1.807) is 0 Å². The summed E-state index contributed by atoms with van der Waals surface area (Å²) in [5.41, 5.74) is 1.66. The Bertz CT molecular complexity index is 788. The maximum absolute atomic E-state index is 11.9. The number of nitrogens with zero attached hydrogens (tertiary/aromatic N) is 4. The minimum Gasteiger partial charge on any atom is -0.332 e. The molecule has 1 saturated carbocycles. The number of hydrogen-bond donors (Lipinski definition) is 2. The Morgan fingerprint density at radius 2 is 2.27 bits per heavy atom. The molecule has 22 heavy (non-hydrogen) atoms. The normalized spacial score (nSPS) is 14.2. The van der Waals surface area contributed by atoms with Crippen LogP contribution < -0.4 is 10.6 Å². The van der Waals surface area contributed by atoms with Gasteiger partial charge in [-0.1, -0.05) is 17.4 Å². The molecule has 0 saturated heterocycles. The number of anilines is 1. The third-order valence-electron chi connectivity index (χ3n) is 3.43. The fourth-order valence-electron chi connectivity index (χ4n) is 2.16. The Morgan fingerprint density at radius 3 is 3.09 bits per heavy atom. The lowest BCUT2D eigenvalue weighted by atomic mass is 10.5. The van der Waals surface area contributed by atoms with Gasteiger partial charge in [0, 0.05) is 18.3 Å². The third kappa shape index (κ3) is 2.77. The van der Waals surface area contributed by atoms with Crippen molar-refractivity contribution in [1.29, 1.82) is 0 Å². The molecule has 0 aliphatic heterocycles. The zero-order valence-corrected chi connectivity index (χ0v) is 12.5. The van der Waals surface area contributed by atoms with Gasteiger partial charge in [0.05, 0.1) is 12.2 Å². The summed E-state index contributed by atoms with van der Waals surface area (Å²) in [5.74, 6) is 0.550. The third-order valence-corrected chi connectivity index (χ3v) is 4.43. The smallest absolute Gasteiger partial charge is 0.321 e. The lowest BCUT2D eigenvalue weighted by Crippen LogP contribution is -2.28. The standard InChI is InChI=1S/C14H14N6OS/c21-13(17-14-19-18-12(22-14)9-4-5-9)15-7-10-8-20-6-2-1-3-11(20)16-10/h1-3,6,8-9H,4-5,7H2,(H2,15,17,19,21). The van der Waals surface area contributed by atoms with E-state index < -0.39 is 0 Å². The highest BCUT2D eigenvalue weighted by Crippen LogP contribution is 2.41. The van der Waals surface area contributed by atoms with Crippen molar-refractivity contribution in [2.24, 2.45) is 0 Å². The Labute approximate surface area is 130 Å². The number of fused-ring (bicyclic) bond motifs is 1. The van der Waals surface area contributed by atoms with E-state index in [1.165, 1.54) is 24.2 Å². The first kappa shape index (κ1) is 13.2. The van der Waals surface area contributed by atoms with Crippen molar-refractivity contribution in [1.82, 2.24) is 24.9 Å². The van der Waals surface area contributed by atoms with Crippen LogP contribution in [0.2, 0.25) is 0 Å². The zero-order valence-electron chi connectivity index (χ0n) is 11.7. The van der Waals surface area contributed by atoms with E-state index in [2.05, 4.69) is 25.8 Å². The van der Waals surface area contributed by atoms with Crippen LogP contribution in [0.5, 0.6) is 0 Å². The van der Waals surface area contributed by atoms with Gasteiger partial charge in [-0.25, -0.2) is 9.78 Å². The molecule has 1 aliphatic rings. The van der Waals surface area contributed by atoms with Crippen molar-refractivity contribution in [3.63, 3.8) is 0 Å². The lowest BCUT2D eigenvalue weighted by molar-refractivity contribution is 0.251. The van der Waals surface area contributed by atoms with Crippen LogP contribution in [0.4, 0.5) is 9.93 Å². The van der Waals surface area contributed by atoms with Gasteiger partial charge < -0.3 is 9.72 Å². The molecule has 0 spiro atoms. The van der Waals surface area contributed by atoms with E-state index in [1.807, 2.05) is 35.0 Å². The number of aromatic nitrogens is 4. The van der Waals surface area contributed by atoms with Crippen LogP contribution in [0.3, 0.4) is 0 Å². The number of urea groups is 1. The predicted octanol–water partition coefficient (Wildman–Crippen LogP) is 2.38. The van der Waals surface area contributed by atoms with E-state index in [0.717, 1.165) is 16.3 Å². The monoisotopic (exact) mass is 314 g/mol. The number of carbonyl (C=O) groups is 1. The second-order valence-electron chi connectivity index (χ2n) is 5.23. The molecule has 3 heterocycles. The Kier molecular flexibility index (Phi) is 3.23. The minimum atomic E-state index is -0.296. The number of pyridine rings is 1. The Hall–Kier alpha value is -2.48. The van der Waals surface area contributed by atoms with Crippen LogP contribution in [-0.4, -0.2) is 25.6 Å². The van der Waals surface area contributed by atoms with E-state index >= 15 is 0 Å². The molecule has 7 nitrogen and oxygen atoms in total. The number of amides is 2. The Balaban J connectivity index is 1.35. The highest BCUT2D eigenvalue weighted by molar-refractivity contribution is 7.15. The van der Waals surface area contributed by atoms with Gasteiger partial charge in [-0.2, -0.15) is 0 Å². The molecular formula is C14H14N6OS. The summed E-state index contributed by atoms with van der Waals surface area (Å²) in [6.07, 6.45) is 6.17. The number of rotatable bonds is 4. The van der Waals surface area contributed by atoms with Crippen molar-refractivity contribution in [2.75, 3.05) is 5.32 Å². The van der Waals surface area contributed by atoms with Crippen LogP contribution in [0.25, 0.3) is 5.65 Å². The number of carbonyl (C=O) groups excluding carboxylic acids is 1. The van der Waals surface area contributed by atoms with Crippen LogP contribution in [0.1, 0.15) is 29.5 Å². The van der Waals surface area contributed by atoms with Gasteiger partial charge >= 0.3 is 6.03 Å². The molecule has 4 rings (SSSR count). The minimum absolute atomic E-state index is 0.296. The van der Waals surface area contributed by atoms with Crippen LogP contribution >= 0.6 is 11.3 Å². The van der Waals surface area contributed by atoms with Gasteiger partial charge in [0.25, 0.3) is 0 Å². The molecule has 0 atom stereocenters. The average molecular weight is 314 g/mol. The molecule has 0 radical (unpaired) electrons. The van der Waals surface area contributed by atoms with E-state index in [9.17, 15) is 4.79 Å². The molecule has 2 amide bonds. The second-order valence-corrected chi connectivity index (χ2v) is 6.23. The average Bonchev–Trinajstić information content (AvgIpc) is 3.12. The molecule has 112 valence electrons. The molecule has 3 aromatic heterocycles. The van der Waals surface area contributed by atoms with Crippen molar-refractivity contribution in [2.45, 2.75) is 25.3 Å². The summed E-state index contributed by atoms with van der Waals surface area (Å²) in [5, 5.41) is 15.1. The molecule has 2 N–H and O–H groups in total. The molecule has 8 heteroatoms. The van der Waals surface area contributed by atoms with Crippen LogP contribution in [0.15, 0.2) is 30.6 Å². The molecule has 0 bridgehead atoms. The van der Waals surface area contributed by atoms with E-state index in [4.69, 9.17) is 0 Å². The van der Waals surface area contributed by atoms with E-state index in [-0.39, 0.29) is 6.03 Å². The zero-order chi connectivity index (χ0) is 14.9. The number of hydrogen-bond acceptors (Lipinski definition) is 5. The summed E-state index contributed by atoms with van der Waals surface area (Å²) in [7, 11) is 0. The van der Waals surface area contributed by atoms with Gasteiger partial charge in [-0.05, 0) is 25.0 Å². The van der Waals surface area contributed by atoms with Crippen molar-refractivity contribution in [3.05, 3.63) is 41.3 Å². The summed E-state index contributed by atoms with van der Waals surface area (Å²) in [4.78, 5) is 16.3. The topological polar surface area (TPSA) is 84.2 Å². The highest BCUT2D eigenvalue weighted by atomic mass is 32.1. The maximum atomic E-state index is 11.9. The summed E-state index contributed by atoms with van der Waals surface area (Å²) in [6.45, 7) is 0.363. The summed E-state index contributed by atoms with van der Waals surface area (Å²) in [6, 6.07) is 5.49. The van der Waals surface area contributed by atoms with Gasteiger partial charge in [-0.3, -0.25) is 5.32 Å².